The monoisotopic (exact) mass is 487 g/mol. The van der Waals surface area contributed by atoms with Crippen LogP contribution in [0.3, 0.4) is 0 Å². The Morgan fingerprint density at radius 1 is 1.14 bits per heavy atom. The van der Waals surface area contributed by atoms with E-state index in [9.17, 15) is 14.4 Å². The van der Waals surface area contributed by atoms with Crippen molar-refractivity contribution in [3.8, 4) is 0 Å². The lowest BCUT2D eigenvalue weighted by Crippen LogP contribution is -2.76. The first-order chi connectivity index (χ1) is 16.8. The Balaban J connectivity index is 1.75. The maximum Gasteiger partial charge on any atom is 0.334 e. The number of carbonyl (C=O) groups is 3. The molecule has 4 amide bonds. The Kier molecular flexibility index (Phi) is 9.92. The number of likely N-dealkylation sites (N-methyl/N-ethyl adjacent to an activating group) is 1. The van der Waals surface area contributed by atoms with Crippen molar-refractivity contribution in [2.75, 3.05) is 39.9 Å². The van der Waals surface area contributed by atoms with Crippen molar-refractivity contribution in [1.29, 1.82) is 0 Å². The average Bonchev–Trinajstić information content (AvgIpc) is 2.82. The van der Waals surface area contributed by atoms with Crippen molar-refractivity contribution in [3.05, 3.63) is 35.9 Å². The molecule has 2 atom stereocenters. The van der Waals surface area contributed by atoms with E-state index in [1.54, 1.807) is 26.9 Å². The zero-order valence-corrected chi connectivity index (χ0v) is 21.6. The first kappa shape index (κ1) is 26.9. The molecule has 1 N–H and O–H groups in total. The van der Waals surface area contributed by atoms with Crippen molar-refractivity contribution in [3.63, 3.8) is 0 Å². The standard InChI is InChI=1S/C26H41N5O4/c1-5-6-14-35-15-10-13-29-18-23-30(22(25(29)33)16-20(2)3)24(32)19-28(4)31(23)26(34)27-17-21-11-8-7-9-12-21/h7-9,11-12,20,22-23H,5-6,10,13-19H2,1-4H3,(H,27,34)/t22-,23-/m0/s1. The van der Waals surface area contributed by atoms with Gasteiger partial charge in [-0.25, -0.2) is 14.8 Å². The molecule has 2 heterocycles. The van der Waals surface area contributed by atoms with E-state index in [4.69, 9.17) is 4.74 Å². The molecule has 0 unspecified atom stereocenters. The number of piperazine rings is 1. The summed E-state index contributed by atoms with van der Waals surface area (Å²) in [6.45, 7) is 8.82. The van der Waals surface area contributed by atoms with Crippen LogP contribution < -0.4 is 5.32 Å². The van der Waals surface area contributed by atoms with Gasteiger partial charge in [-0.1, -0.05) is 57.5 Å². The summed E-state index contributed by atoms with van der Waals surface area (Å²) >= 11 is 0. The van der Waals surface area contributed by atoms with Crippen LogP contribution >= 0.6 is 0 Å². The molecule has 0 aromatic heterocycles. The number of nitrogens with zero attached hydrogens (tertiary/aromatic N) is 4. The SMILES string of the molecule is CCCCOCCCN1C[C@H]2N(C(=O)CN(C)N2C(=O)NCc2ccccc2)[C@@H](CC(C)C)C1=O. The second-order valence-corrected chi connectivity index (χ2v) is 9.84. The minimum atomic E-state index is -0.569. The normalized spacial score (nSPS) is 21.0. The number of urea groups is 1. The Hall–Kier alpha value is -2.65. The van der Waals surface area contributed by atoms with Crippen LogP contribution in [0.4, 0.5) is 4.79 Å². The number of amides is 4. The van der Waals surface area contributed by atoms with E-state index in [0.29, 0.717) is 26.1 Å². The van der Waals surface area contributed by atoms with Crippen LogP contribution in [0, 0.1) is 5.92 Å². The number of rotatable bonds is 11. The fraction of sp³-hybridized carbons (Fsp3) is 0.654. The summed E-state index contributed by atoms with van der Waals surface area (Å²) in [6, 6.07) is 8.87. The quantitative estimate of drug-likeness (QED) is 0.485. The van der Waals surface area contributed by atoms with Crippen LogP contribution in [-0.4, -0.2) is 89.8 Å². The second kappa shape index (κ2) is 12.9. The predicted octanol–water partition coefficient (Wildman–Crippen LogP) is 2.68. The summed E-state index contributed by atoms with van der Waals surface area (Å²) in [4.78, 5) is 43.4. The number of hydrogen-bond acceptors (Lipinski definition) is 5. The van der Waals surface area contributed by atoms with Gasteiger partial charge in [-0.15, -0.1) is 0 Å². The molecule has 9 heteroatoms. The van der Waals surface area contributed by atoms with Gasteiger partial charge in [0, 0.05) is 33.4 Å². The zero-order valence-electron chi connectivity index (χ0n) is 21.6. The molecule has 2 fully saturated rings. The lowest BCUT2D eigenvalue weighted by Gasteiger charge is -2.54. The van der Waals surface area contributed by atoms with Gasteiger partial charge in [0.2, 0.25) is 11.8 Å². The van der Waals surface area contributed by atoms with Crippen molar-refractivity contribution >= 4 is 17.8 Å². The highest BCUT2D eigenvalue weighted by molar-refractivity contribution is 5.91. The first-order valence-electron chi connectivity index (χ1n) is 12.8. The number of nitrogens with one attached hydrogen (secondary N) is 1. The molecule has 0 radical (unpaired) electrons. The summed E-state index contributed by atoms with van der Waals surface area (Å²) in [7, 11) is 1.75. The van der Waals surface area contributed by atoms with Gasteiger partial charge in [-0.3, -0.25) is 9.59 Å². The topological polar surface area (TPSA) is 85.4 Å². The van der Waals surface area contributed by atoms with Gasteiger partial charge in [-0.2, -0.15) is 0 Å². The molecular weight excluding hydrogens is 446 g/mol. The Morgan fingerprint density at radius 3 is 2.54 bits per heavy atom. The number of carbonyl (C=O) groups excluding carboxylic acids is 3. The Labute approximate surface area is 209 Å². The van der Waals surface area contributed by atoms with E-state index in [0.717, 1.165) is 31.4 Å². The predicted molar refractivity (Wildman–Crippen MR) is 134 cm³/mol. The third kappa shape index (κ3) is 6.95. The molecule has 3 rings (SSSR count). The third-order valence-corrected chi connectivity index (χ3v) is 6.49. The average molecular weight is 488 g/mol. The molecule has 2 aliphatic heterocycles. The molecule has 0 saturated carbocycles. The molecular formula is C26H41N5O4. The van der Waals surface area contributed by atoms with E-state index < -0.39 is 12.2 Å². The molecule has 0 spiro atoms. The van der Waals surface area contributed by atoms with E-state index in [1.807, 2.05) is 44.2 Å². The highest BCUT2D eigenvalue weighted by Gasteiger charge is 2.50. The smallest absolute Gasteiger partial charge is 0.334 e. The highest BCUT2D eigenvalue weighted by atomic mass is 16.5. The Bertz CT molecular complexity index is 849. The maximum atomic E-state index is 13.5. The van der Waals surface area contributed by atoms with Crippen LogP contribution in [0.25, 0.3) is 0 Å². The number of fused-ring (bicyclic) bond motifs is 1. The van der Waals surface area contributed by atoms with Crippen molar-refractivity contribution in [2.24, 2.45) is 5.92 Å². The van der Waals surface area contributed by atoms with Gasteiger partial charge in [0.15, 0.2) is 0 Å². The summed E-state index contributed by atoms with van der Waals surface area (Å²) in [5.41, 5.74) is 0.995. The van der Waals surface area contributed by atoms with Crippen molar-refractivity contribution in [1.82, 2.24) is 25.1 Å². The first-order valence-corrected chi connectivity index (χ1v) is 12.8. The minimum Gasteiger partial charge on any atom is -0.381 e. The minimum absolute atomic E-state index is 0.0361. The number of unbranched alkanes of at least 4 members (excludes halogenated alkanes) is 1. The van der Waals surface area contributed by atoms with Gasteiger partial charge in [-0.05, 0) is 30.7 Å². The third-order valence-electron chi connectivity index (χ3n) is 6.49. The molecule has 35 heavy (non-hydrogen) atoms. The number of hydrazine groups is 1. The molecule has 0 aliphatic carbocycles. The van der Waals surface area contributed by atoms with Crippen molar-refractivity contribution < 1.29 is 19.1 Å². The molecule has 2 aliphatic rings. The molecule has 0 bridgehead atoms. The number of hydrogen-bond donors (Lipinski definition) is 1. The molecule has 2 saturated heterocycles. The van der Waals surface area contributed by atoms with E-state index in [1.165, 1.54) is 0 Å². The van der Waals surface area contributed by atoms with Gasteiger partial charge in [0.25, 0.3) is 0 Å². The van der Waals surface area contributed by atoms with Crippen LogP contribution in [0.15, 0.2) is 30.3 Å². The Morgan fingerprint density at radius 2 is 1.86 bits per heavy atom. The van der Waals surface area contributed by atoms with Gasteiger partial charge in [0.05, 0.1) is 13.1 Å². The molecule has 9 nitrogen and oxygen atoms in total. The van der Waals surface area contributed by atoms with Crippen LogP contribution in [0.1, 0.15) is 52.0 Å². The van der Waals surface area contributed by atoms with E-state index in [2.05, 4.69) is 12.2 Å². The van der Waals surface area contributed by atoms with Crippen LogP contribution in [0.2, 0.25) is 0 Å². The second-order valence-electron chi connectivity index (χ2n) is 9.84. The summed E-state index contributed by atoms with van der Waals surface area (Å²) < 4.78 is 5.68. The zero-order chi connectivity index (χ0) is 25.4. The lowest BCUT2D eigenvalue weighted by atomic mass is 9.97. The fourth-order valence-corrected chi connectivity index (χ4v) is 4.74. The molecule has 1 aromatic rings. The molecule has 1 aromatic carbocycles. The van der Waals surface area contributed by atoms with E-state index in [-0.39, 0.29) is 36.9 Å². The van der Waals surface area contributed by atoms with Gasteiger partial charge in [0.1, 0.15) is 12.2 Å². The number of benzene rings is 1. The lowest BCUT2D eigenvalue weighted by molar-refractivity contribution is -0.188. The number of ether oxygens (including phenoxy) is 1. The summed E-state index contributed by atoms with van der Waals surface area (Å²) in [5, 5.41) is 6.26. The highest BCUT2D eigenvalue weighted by Crippen LogP contribution is 2.29. The summed E-state index contributed by atoms with van der Waals surface area (Å²) in [6.07, 6.45) is 2.86. The maximum absolute atomic E-state index is 13.5. The fourth-order valence-electron chi connectivity index (χ4n) is 4.74. The molecule has 194 valence electrons. The van der Waals surface area contributed by atoms with Crippen LogP contribution in [-0.2, 0) is 20.9 Å². The summed E-state index contributed by atoms with van der Waals surface area (Å²) in [5.74, 6) is 0.0759. The van der Waals surface area contributed by atoms with Gasteiger partial charge < -0.3 is 19.9 Å². The van der Waals surface area contributed by atoms with Crippen molar-refractivity contribution in [2.45, 2.75) is 65.2 Å². The van der Waals surface area contributed by atoms with Gasteiger partial charge >= 0.3 is 6.03 Å². The van der Waals surface area contributed by atoms with E-state index >= 15 is 0 Å². The largest absolute Gasteiger partial charge is 0.381 e. The van der Waals surface area contributed by atoms with Crippen LogP contribution in [0.5, 0.6) is 0 Å².